The lowest BCUT2D eigenvalue weighted by atomic mass is 10.1. The molecule has 0 bridgehead atoms. The fourth-order valence-electron chi connectivity index (χ4n) is 3.90. The highest BCUT2D eigenvalue weighted by Crippen LogP contribution is 2.41. The Labute approximate surface area is 307 Å². The van der Waals surface area contributed by atoms with Gasteiger partial charge in [-0.05, 0) is 36.8 Å². The van der Waals surface area contributed by atoms with Crippen molar-refractivity contribution in [2.45, 2.75) is 49.3 Å². The average Bonchev–Trinajstić information content (AvgIpc) is 3.42. The zero-order chi connectivity index (χ0) is 36.8. The second-order valence-electron chi connectivity index (χ2n) is 11.3. The van der Waals surface area contributed by atoms with Crippen LogP contribution >= 0.6 is 21.6 Å². The summed E-state index contributed by atoms with van der Waals surface area (Å²) in [7, 11) is 3.20. The number of nitrogens with one attached hydrogen (secondary N) is 1. The van der Waals surface area contributed by atoms with Crippen LogP contribution in [0.4, 0.5) is 0 Å². The van der Waals surface area contributed by atoms with Crippen LogP contribution in [0, 0.1) is 0 Å². The van der Waals surface area contributed by atoms with Crippen LogP contribution in [0.2, 0.25) is 0 Å². The summed E-state index contributed by atoms with van der Waals surface area (Å²) in [6.07, 6.45) is 2.19. The van der Waals surface area contributed by atoms with Gasteiger partial charge in [0.2, 0.25) is 5.91 Å². The third-order valence-electron chi connectivity index (χ3n) is 6.40. The van der Waals surface area contributed by atoms with Crippen molar-refractivity contribution in [2.75, 3.05) is 112 Å². The van der Waals surface area contributed by atoms with Crippen LogP contribution in [-0.2, 0) is 61.9 Å². The molecule has 0 aliphatic carbocycles. The van der Waals surface area contributed by atoms with Crippen LogP contribution in [-0.4, -0.2) is 151 Å². The number of hydrogen-bond donors (Lipinski definition) is 1. The molecule has 2 rings (SSSR count). The van der Waals surface area contributed by atoms with Crippen LogP contribution in [0.25, 0.3) is 0 Å². The fraction of sp³-hybridized carbons (Fsp3) is 0.727. The molecule has 1 aliphatic heterocycles. The zero-order valence-electron chi connectivity index (χ0n) is 29.7. The highest BCUT2D eigenvalue weighted by molar-refractivity contribution is 8.77. The minimum absolute atomic E-state index is 0.00880. The first kappa shape index (κ1) is 44.8. The van der Waals surface area contributed by atoms with Crippen molar-refractivity contribution in [3.63, 3.8) is 0 Å². The lowest BCUT2D eigenvalue weighted by Gasteiger charge is -2.22. The molecule has 18 heteroatoms. The Kier molecular flexibility index (Phi) is 25.6. The van der Waals surface area contributed by atoms with Crippen molar-refractivity contribution in [1.82, 2.24) is 15.4 Å². The molecule has 16 nitrogen and oxygen atoms in total. The Morgan fingerprint density at radius 2 is 1.16 bits per heavy atom. The summed E-state index contributed by atoms with van der Waals surface area (Å²) in [5, 5.41) is 4.34. The van der Waals surface area contributed by atoms with Crippen molar-refractivity contribution in [3.8, 4) is 0 Å². The van der Waals surface area contributed by atoms with E-state index in [4.69, 9.17) is 42.7 Å². The van der Waals surface area contributed by atoms with Gasteiger partial charge in [0, 0.05) is 36.8 Å². The molecule has 1 aromatic heterocycles. The van der Waals surface area contributed by atoms with Crippen LogP contribution < -0.4 is 5.32 Å². The zero-order valence-corrected chi connectivity index (χ0v) is 31.3. The maximum absolute atomic E-state index is 12.3. The molecule has 3 amide bonds. The Balaban J connectivity index is 1.21. The van der Waals surface area contributed by atoms with E-state index in [2.05, 4.69) is 10.3 Å². The lowest BCUT2D eigenvalue weighted by molar-refractivity contribution is -0.198. The Morgan fingerprint density at radius 1 is 0.706 bits per heavy atom. The molecule has 51 heavy (non-hydrogen) atoms. The molecule has 1 N–H and O–H groups in total. The molecule has 2 heterocycles. The van der Waals surface area contributed by atoms with E-state index < -0.39 is 17.8 Å². The third kappa shape index (κ3) is 24.5. The molecule has 1 aromatic rings. The van der Waals surface area contributed by atoms with Crippen molar-refractivity contribution in [3.05, 3.63) is 24.4 Å². The molecular formula is C33H53N3O13S2. The molecule has 0 radical (unpaired) electrons. The summed E-state index contributed by atoms with van der Waals surface area (Å²) in [5.74, 6) is -1.74. The number of ether oxygens (including phenoxy) is 8. The molecule has 290 valence electrons. The predicted octanol–water partition coefficient (Wildman–Crippen LogP) is 2.24. The van der Waals surface area contributed by atoms with E-state index in [0.717, 1.165) is 5.03 Å². The number of hydroxylamine groups is 2. The second kappa shape index (κ2) is 29.1. The standard InChI is InChI=1S/C33H53N3O13S2/c1-33(2,51-50-29-5-3-4-9-35-29)27-28(37)34-10-12-42-14-16-44-18-20-46-22-24-48-26-25-47-23-21-45-19-17-43-15-13-41-11-8-32(40)49-36-30(38)6-7-31(36)39/h3-5,9H,6-8,10-27H2,1-2H3,(H,34,37). The smallest absolute Gasteiger partial charge is 0.335 e. The van der Waals surface area contributed by atoms with Gasteiger partial charge in [-0.2, -0.15) is 0 Å². The number of hydrogen-bond acceptors (Lipinski definition) is 16. The molecule has 0 atom stereocenters. The van der Waals surface area contributed by atoms with Crippen LogP contribution in [0.5, 0.6) is 0 Å². The van der Waals surface area contributed by atoms with Gasteiger partial charge in [-0.15, -0.1) is 5.06 Å². The Bertz CT molecular complexity index is 1090. The van der Waals surface area contributed by atoms with Gasteiger partial charge in [-0.25, -0.2) is 9.78 Å². The van der Waals surface area contributed by atoms with Crippen molar-refractivity contribution < 1.29 is 61.9 Å². The first-order valence-corrected chi connectivity index (χ1v) is 19.1. The Morgan fingerprint density at radius 3 is 1.61 bits per heavy atom. The highest BCUT2D eigenvalue weighted by Gasteiger charge is 2.32. The quantitative estimate of drug-likeness (QED) is 0.0625. The topological polar surface area (TPSA) is 180 Å². The van der Waals surface area contributed by atoms with E-state index in [1.807, 2.05) is 32.0 Å². The van der Waals surface area contributed by atoms with Crippen molar-refractivity contribution in [2.24, 2.45) is 0 Å². The summed E-state index contributed by atoms with van der Waals surface area (Å²) in [4.78, 5) is 55.8. The molecule has 1 aliphatic rings. The molecule has 0 aromatic carbocycles. The van der Waals surface area contributed by atoms with E-state index in [0.29, 0.717) is 111 Å². The minimum Gasteiger partial charge on any atom is -0.378 e. The predicted molar refractivity (Wildman–Crippen MR) is 188 cm³/mol. The molecule has 1 fully saturated rings. The van der Waals surface area contributed by atoms with E-state index in [1.165, 1.54) is 0 Å². The number of pyridine rings is 1. The minimum atomic E-state index is -0.702. The summed E-state index contributed by atoms with van der Waals surface area (Å²) in [5.41, 5.74) is 0. The van der Waals surface area contributed by atoms with Gasteiger partial charge in [0.25, 0.3) is 11.8 Å². The van der Waals surface area contributed by atoms with Crippen molar-refractivity contribution >= 4 is 45.3 Å². The van der Waals surface area contributed by atoms with Gasteiger partial charge in [0.1, 0.15) is 5.03 Å². The number of carbonyl (C=O) groups excluding carboxylic acids is 4. The van der Waals surface area contributed by atoms with Gasteiger partial charge >= 0.3 is 5.97 Å². The molecule has 1 saturated heterocycles. The summed E-state index contributed by atoms with van der Waals surface area (Å²) in [6, 6.07) is 5.77. The number of nitrogens with zero attached hydrogens (tertiary/aromatic N) is 2. The van der Waals surface area contributed by atoms with E-state index in [9.17, 15) is 19.2 Å². The maximum Gasteiger partial charge on any atom is 0.335 e. The highest BCUT2D eigenvalue weighted by atomic mass is 33.1. The Hall–Kier alpha value is -2.39. The van der Waals surface area contributed by atoms with Gasteiger partial charge in [0.15, 0.2) is 0 Å². The maximum atomic E-state index is 12.3. The first-order chi connectivity index (χ1) is 24.8. The summed E-state index contributed by atoms with van der Waals surface area (Å²) in [6.45, 7) is 10.9. The van der Waals surface area contributed by atoms with Crippen molar-refractivity contribution in [1.29, 1.82) is 0 Å². The molecule has 0 spiro atoms. The van der Waals surface area contributed by atoms with Gasteiger partial charge in [0.05, 0.1) is 112 Å². The van der Waals surface area contributed by atoms with Gasteiger partial charge in [-0.3, -0.25) is 14.4 Å². The number of imide groups is 1. The summed E-state index contributed by atoms with van der Waals surface area (Å²) >= 11 is 0. The van der Waals surface area contributed by atoms with Gasteiger partial charge < -0.3 is 48.0 Å². The largest absolute Gasteiger partial charge is 0.378 e. The van der Waals surface area contributed by atoms with Crippen LogP contribution in [0.15, 0.2) is 29.4 Å². The van der Waals surface area contributed by atoms with Gasteiger partial charge in [-0.1, -0.05) is 16.9 Å². The monoisotopic (exact) mass is 763 g/mol. The number of carbonyl (C=O) groups is 4. The first-order valence-electron chi connectivity index (χ1n) is 17.0. The lowest BCUT2D eigenvalue weighted by Crippen LogP contribution is -2.32. The SMILES string of the molecule is CC(C)(CC(=O)NCCOCCOCCOCCOCCOCCOCCOCCOCCC(=O)ON1C(=O)CCC1=O)SSc1ccccn1. The van der Waals surface area contributed by atoms with E-state index >= 15 is 0 Å². The van der Waals surface area contributed by atoms with E-state index in [1.54, 1.807) is 27.8 Å². The van der Waals surface area contributed by atoms with Crippen LogP contribution in [0.1, 0.15) is 39.5 Å². The number of amides is 3. The molecule has 0 unspecified atom stereocenters. The third-order valence-corrected chi connectivity index (χ3v) is 9.61. The molecule has 0 saturated carbocycles. The number of rotatable bonds is 33. The van der Waals surface area contributed by atoms with E-state index in [-0.39, 0.29) is 43.1 Å². The fourth-order valence-corrected chi connectivity index (χ4v) is 6.04. The second-order valence-corrected chi connectivity index (χ2v) is 14.2. The number of aromatic nitrogens is 1. The molecular weight excluding hydrogens is 711 g/mol. The summed E-state index contributed by atoms with van der Waals surface area (Å²) < 4.78 is 43.3. The average molecular weight is 764 g/mol. The normalized spacial score (nSPS) is 13.3. The van der Waals surface area contributed by atoms with Crippen LogP contribution in [0.3, 0.4) is 0 Å².